The van der Waals surface area contributed by atoms with E-state index in [-0.39, 0.29) is 11.3 Å². The first kappa shape index (κ1) is 14.8. The average molecular weight is 349 g/mol. The summed E-state index contributed by atoms with van der Waals surface area (Å²) in [6.07, 6.45) is 0. The van der Waals surface area contributed by atoms with Crippen LogP contribution in [0.4, 0.5) is 17.6 Å². The van der Waals surface area contributed by atoms with Gasteiger partial charge in [0.2, 0.25) is 0 Å². The third-order valence-electron chi connectivity index (χ3n) is 2.81. The van der Waals surface area contributed by atoms with Crippen molar-refractivity contribution in [2.45, 2.75) is 4.83 Å². The maximum absolute atomic E-state index is 13.7. The lowest BCUT2D eigenvalue weighted by Crippen LogP contribution is -2.02. The molecule has 0 amide bonds. The molecule has 0 aliphatic rings. The van der Waals surface area contributed by atoms with Gasteiger partial charge in [-0.25, -0.2) is 17.6 Å². The number of ether oxygens (including phenoxy) is 1. The number of benzene rings is 2. The summed E-state index contributed by atoms with van der Waals surface area (Å²) in [5.41, 5.74) is 0.238. The van der Waals surface area contributed by atoms with Crippen LogP contribution in [0.3, 0.4) is 0 Å². The van der Waals surface area contributed by atoms with Gasteiger partial charge >= 0.3 is 0 Å². The van der Waals surface area contributed by atoms with Crippen LogP contribution in [-0.2, 0) is 0 Å². The quantitative estimate of drug-likeness (QED) is 0.442. The van der Waals surface area contributed by atoms with E-state index in [0.29, 0.717) is 5.56 Å². The van der Waals surface area contributed by atoms with E-state index in [0.717, 1.165) is 18.2 Å². The van der Waals surface area contributed by atoms with Gasteiger partial charge in [-0.2, -0.15) is 0 Å². The van der Waals surface area contributed by atoms with Crippen LogP contribution >= 0.6 is 15.9 Å². The van der Waals surface area contributed by atoms with Gasteiger partial charge in [-0.15, -0.1) is 0 Å². The summed E-state index contributed by atoms with van der Waals surface area (Å²) in [6.45, 7) is 0. The molecule has 2 aromatic carbocycles. The van der Waals surface area contributed by atoms with Crippen LogP contribution in [0.1, 0.15) is 16.0 Å². The molecule has 106 valence electrons. The van der Waals surface area contributed by atoms with Crippen molar-refractivity contribution in [2.24, 2.45) is 0 Å². The Morgan fingerprint density at radius 3 is 2.25 bits per heavy atom. The molecule has 0 N–H and O–H groups in total. The van der Waals surface area contributed by atoms with Gasteiger partial charge in [-0.05, 0) is 23.8 Å². The zero-order chi connectivity index (χ0) is 14.9. The van der Waals surface area contributed by atoms with Gasteiger partial charge in [-0.1, -0.05) is 28.1 Å². The average Bonchev–Trinajstić information content (AvgIpc) is 2.44. The number of alkyl halides is 1. The van der Waals surface area contributed by atoms with Gasteiger partial charge < -0.3 is 4.74 Å². The minimum Gasteiger partial charge on any atom is -0.494 e. The second-order valence-corrected chi connectivity index (χ2v) is 4.94. The molecule has 0 bridgehead atoms. The Hall–Kier alpha value is -1.56. The zero-order valence-electron chi connectivity index (χ0n) is 10.3. The van der Waals surface area contributed by atoms with Gasteiger partial charge in [0.15, 0.2) is 29.0 Å². The lowest BCUT2D eigenvalue weighted by molar-refractivity contribution is 0.386. The summed E-state index contributed by atoms with van der Waals surface area (Å²) in [4.78, 5) is -0.807. The Bertz CT molecular complexity index is 645. The highest BCUT2D eigenvalue weighted by Gasteiger charge is 2.21. The van der Waals surface area contributed by atoms with E-state index < -0.39 is 28.1 Å². The molecule has 2 rings (SSSR count). The van der Waals surface area contributed by atoms with Crippen molar-refractivity contribution >= 4 is 15.9 Å². The topological polar surface area (TPSA) is 9.23 Å². The third-order valence-corrected chi connectivity index (χ3v) is 3.83. The fourth-order valence-electron chi connectivity index (χ4n) is 1.76. The molecule has 0 saturated heterocycles. The lowest BCUT2D eigenvalue weighted by atomic mass is 10.0. The van der Waals surface area contributed by atoms with Crippen molar-refractivity contribution in [3.63, 3.8) is 0 Å². The molecule has 1 atom stereocenters. The van der Waals surface area contributed by atoms with Crippen molar-refractivity contribution in [3.8, 4) is 5.75 Å². The van der Waals surface area contributed by atoms with Crippen molar-refractivity contribution in [1.29, 1.82) is 0 Å². The first-order valence-corrected chi connectivity index (χ1v) is 6.48. The predicted molar refractivity (Wildman–Crippen MR) is 70.0 cm³/mol. The van der Waals surface area contributed by atoms with E-state index in [1.165, 1.54) is 19.2 Å². The van der Waals surface area contributed by atoms with Crippen LogP contribution < -0.4 is 4.74 Å². The third kappa shape index (κ3) is 2.65. The molecule has 0 spiro atoms. The fourth-order valence-corrected chi connectivity index (χ4v) is 2.39. The van der Waals surface area contributed by atoms with Crippen molar-refractivity contribution < 1.29 is 22.3 Å². The van der Waals surface area contributed by atoms with Gasteiger partial charge in [0, 0.05) is 5.56 Å². The summed E-state index contributed by atoms with van der Waals surface area (Å²) in [6, 6.07) is 5.94. The predicted octanol–water partition coefficient (Wildman–Crippen LogP) is 4.74. The fraction of sp³-hybridized carbons (Fsp3) is 0.143. The molecular weight excluding hydrogens is 340 g/mol. The van der Waals surface area contributed by atoms with E-state index in [9.17, 15) is 17.6 Å². The molecule has 2 aromatic rings. The Labute approximate surface area is 121 Å². The summed E-state index contributed by atoms with van der Waals surface area (Å²) >= 11 is 3.15. The summed E-state index contributed by atoms with van der Waals surface area (Å²) in [7, 11) is 1.32. The van der Waals surface area contributed by atoms with E-state index in [1.54, 1.807) is 0 Å². The smallest absolute Gasteiger partial charge is 0.194 e. The van der Waals surface area contributed by atoms with Gasteiger partial charge in [0.1, 0.15) is 0 Å². The summed E-state index contributed by atoms with van der Waals surface area (Å²) < 4.78 is 58.1. The highest BCUT2D eigenvalue weighted by atomic mass is 79.9. The number of methoxy groups -OCH3 is 1. The molecule has 0 radical (unpaired) electrons. The Morgan fingerprint density at radius 1 is 0.950 bits per heavy atom. The SMILES string of the molecule is COc1ccc(C(Br)c2ccc(F)c(F)c2F)cc1F. The van der Waals surface area contributed by atoms with E-state index >= 15 is 0 Å². The highest BCUT2D eigenvalue weighted by Crippen LogP contribution is 2.35. The number of hydrogen-bond acceptors (Lipinski definition) is 1. The lowest BCUT2D eigenvalue weighted by Gasteiger charge is -2.13. The molecule has 0 fully saturated rings. The first-order valence-electron chi connectivity index (χ1n) is 5.56. The number of hydrogen-bond donors (Lipinski definition) is 0. The zero-order valence-corrected chi connectivity index (χ0v) is 11.8. The van der Waals surface area contributed by atoms with Crippen LogP contribution in [0.15, 0.2) is 30.3 Å². The van der Waals surface area contributed by atoms with Crippen LogP contribution in [0.2, 0.25) is 0 Å². The van der Waals surface area contributed by atoms with Gasteiger partial charge in [-0.3, -0.25) is 0 Å². The molecule has 0 aromatic heterocycles. The van der Waals surface area contributed by atoms with Gasteiger partial charge in [0.05, 0.1) is 11.9 Å². The number of halogens is 5. The molecule has 20 heavy (non-hydrogen) atoms. The molecule has 0 heterocycles. The molecule has 0 saturated carbocycles. The first-order chi connectivity index (χ1) is 9.45. The molecule has 0 aliphatic carbocycles. The van der Waals surface area contributed by atoms with Crippen molar-refractivity contribution in [3.05, 3.63) is 64.7 Å². The maximum atomic E-state index is 13.7. The molecular formula is C14H9BrF4O. The maximum Gasteiger partial charge on any atom is 0.194 e. The van der Waals surface area contributed by atoms with E-state index in [2.05, 4.69) is 15.9 Å². The monoisotopic (exact) mass is 348 g/mol. The minimum atomic E-state index is -1.55. The van der Waals surface area contributed by atoms with Crippen molar-refractivity contribution in [1.82, 2.24) is 0 Å². The van der Waals surface area contributed by atoms with E-state index in [4.69, 9.17) is 4.74 Å². The van der Waals surface area contributed by atoms with Crippen LogP contribution in [0.5, 0.6) is 5.75 Å². The second kappa shape index (κ2) is 5.83. The minimum absolute atomic E-state index is 0.0409. The molecule has 1 nitrogen and oxygen atoms in total. The van der Waals surface area contributed by atoms with Crippen molar-refractivity contribution in [2.75, 3.05) is 7.11 Å². The molecule has 0 aliphatic heterocycles. The second-order valence-electron chi connectivity index (χ2n) is 4.02. The van der Waals surface area contributed by atoms with Crippen LogP contribution in [-0.4, -0.2) is 7.11 Å². The Kier molecular flexibility index (Phi) is 4.32. The largest absolute Gasteiger partial charge is 0.494 e. The van der Waals surface area contributed by atoms with Crippen LogP contribution in [0, 0.1) is 23.3 Å². The molecule has 6 heteroatoms. The normalized spacial score (nSPS) is 12.3. The number of rotatable bonds is 3. The Morgan fingerprint density at radius 2 is 1.65 bits per heavy atom. The summed E-state index contributed by atoms with van der Waals surface area (Å²) in [5.74, 6) is -4.72. The standard InChI is InChI=1S/C14H9BrF4O/c1-20-11-5-2-7(6-10(11)17)12(15)8-3-4-9(16)14(19)13(8)18/h2-6,12H,1H3. The summed E-state index contributed by atoms with van der Waals surface area (Å²) in [5, 5.41) is 0. The van der Waals surface area contributed by atoms with E-state index in [1.807, 2.05) is 0 Å². The molecule has 1 unspecified atom stereocenters. The van der Waals surface area contributed by atoms with Gasteiger partial charge in [0.25, 0.3) is 0 Å². The Balaban J connectivity index is 2.44. The van der Waals surface area contributed by atoms with Crippen LogP contribution in [0.25, 0.3) is 0 Å². The highest BCUT2D eigenvalue weighted by molar-refractivity contribution is 9.09.